The number of hydrogen-bond donors (Lipinski definition) is 1. The van der Waals surface area contributed by atoms with Crippen LogP contribution in [0.2, 0.25) is 0 Å². The van der Waals surface area contributed by atoms with E-state index in [-0.39, 0.29) is 6.04 Å². The molecule has 184 valence electrons. The van der Waals surface area contributed by atoms with Crippen LogP contribution in [0.5, 0.6) is 23.0 Å². The van der Waals surface area contributed by atoms with Crippen molar-refractivity contribution in [2.24, 2.45) is 0 Å². The molecule has 1 aliphatic heterocycles. The summed E-state index contributed by atoms with van der Waals surface area (Å²) < 4.78 is 22.7. The van der Waals surface area contributed by atoms with E-state index in [0.717, 1.165) is 41.5 Å². The Kier molecular flexibility index (Phi) is 7.66. The number of nitrogens with zero attached hydrogens (tertiary/aromatic N) is 1. The molecule has 0 aliphatic carbocycles. The second kappa shape index (κ2) is 10.9. The van der Waals surface area contributed by atoms with Gasteiger partial charge in [0.25, 0.3) is 0 Å². The number of rotatable bonds is 7. The largest absolute Gasteiger partial charge is 0.497 e. The van der Waals surface area contributed by atoms with Gasteiger partial charge in [0.2, 0.25) is 0 Å². The minimum Gasteiger partial charge on any atom is -0.497 e. The van der Waals surface area contributed by atoms with Crippen molar-refractivity contribution in [3.8, 4) is 23.0 Å². The second-order valence-corrected chi connectivity index (χ2v) is 9.04. The smallest absolute Gasteiger partial charge is 0.174 e. The van der Waals surface area contributed by atoms with Crippen molar-refractivity contribution >= 4 is 23.0 Å². The highest BCUT2D eigenvalue weighted by Gasteiger charge is 2.31. The summed E-state index contributed by atoms with van der Waals surface area (Å²) in [7, 11) is 4.96. The zero-order valence-electron chi connectivity index (χ0n) is 20.9. The number of ether oxygens (including phenoxy) is 4. The lowest BCUT2D eigenvalue weighted by Crippen LogP contribution is -2.44. The Morgan fingerprint density at radius 1 is 0.886 bits per heavy atom. The van der Waals surface area contributed by atoms with E-state index >= 15 is 0 Å². The van der Waals surface area contributed by atoms with E-state index in [1.54, 1.807) is 21.3 Å². The van der Waals surface area contributed by atoms with E-state index in [1.807, 2.05) is 30.3 Å². The summed E-state index contributed by atoms with van der Waals surface area (Å²) in [5, 5.41) is 4.11. The molecule has 0 spiro atoms. The Morgan fingerprint density at radius 3 is 2.14 bits per heavy atom. The number of anilines is 1. The zero-order valence-corrected chi connectivity index (χ0v) is 21.7. The molecule has 1 heterocycles. The van der Waals surface area contributed by atoms with Gasteiger partial charge < -0.3 is 29.2 Å². The number of hydrogen-bond acceptors (Lipinski definition) is 5. The quantitative estimate of drug-likeness (QED) is 0.424. The lowest BCUT2D eigenvalue weighted by Gasteiger charge is -2.39. The Hall–Kier alpha value is -3.45. The maximum atomic E-state index is 6.24. The third kappa shape index (κ3) is 5.62. The summed E-state index contributed by atoms with van der Waals surface area (Å²) in [5.74, 6) is 2.98. The fourth-order valence-electron chi connectivity index (χ4n) is 4.54. The fourth-order valence-corrected chi connectivity index (χ4v) is 4.88. The average molecular weight is 493 g/mol. The lowest BCUT2D eigenvalue weighted by atomic mass is 9.92. The molecular weight excluding hydrogens is 460 g/mol. The maximum Gasteiger partial charge on any atom is 0.174 e. The minimum absolute atomic E-state index is 0.105. The van der Waals surface area contributed by atoms with Gasteiger partial charge in [-0.1, -0.05) is 6.07 Å². The standard InChI is InChI=1S/C28H32N2O4S/c1-18-12-19(2)14-21(13-18)29-28(35)30-11-10-20-15-26(32-4)27(33-5)16-24(20)25(30)17-34-23-8-6-22(31-3)7-9-23/h6-9,12-16,25H,10-11,17H2,1-5H3,(H,29,35). The number of thiocarbonyl (C=S) groups is 1. The molecule has 35 heavy (non-hydrogen) atoms. The zero-order chi connectivity index (χ0) is 24.9. The highest BCUT2D eigenvalue weighted by molar-refractivity contribution is 7.80. The molecule has 0 radical (unpaired) electrons. The van der Waals surface area contributed by atoms with Crippen molar-refractivity contribution in [2.45, 2.75) is 26.3 Å². The van der Waals surface area contributed by atoms with Crippen LogP contribution in [0.4, 0.5) is 5.69 Å². The van der Waals surface area contributed by atoms with Crippen LogP contribution in [-0.4, -0.2) is 44.5 Å². The van der Waals surface area contributed by atoms with E-state index in [9.17, 15) is 0 Å². The van der Waals surface area contributed by atoms with Crippen molar-refractivity contribution in [3.63, 3.8) is 0 Å². The van der Waals surface area contributed by atoms with E-state index in [4.69, 9.17) is 31.2 Å². The molecule has 1 N–H and O–H groups in total. The van der Waals surface area contributed by atoms with Gasteiger partial charge in [-0.15, -0.1) is 0 Å². The van der Waals surface area contributed by atoms with Gasteiger partial charge in [0, 0.05) is 12.2 Å². The highest BCUT2D eigenvalue weighted by atomic mass is 32.1. The average Bonchev–Trinajstić information content (AvgIpc) is 2.85. The van der Waals surface area contributed by atoms with E-state index < -0.39 is 0 Å². The molecule has 0 amide bonds. The van der Waals surface area contributed by atoms with Crippen molar-refractivity contribution in [1.29, 1.82) is 0 Å². The predicted molar refractivity (Wildman–Crippen MR) is 143 cm³/mol. The molecule has 0 bridgehead atoms. The van der Waals surface area contributed by atoms with Crippen LogP contribution in [0.15, 0.2) is 54.6 Å². The Labute approximate surface area is 212 Å². The van der Waals surface area contributed by atoms with Gasteiger partial charge in [0.15, 0.2) is 16.6 Å². The molecule has 1 atom stereocenters. The number of fused-ring (bicyclic) bond motifs is 1. The van der Waals surface area contributed by atoms with Gasteiger partial charge >= 0.3 is 0 Å². The number of methoxy groups -OCH3 is 3. The SMILES string of the molecule is COc1ccc(OCC2c3cc(OC)c(OC)cc3CCN2C(=S)Nc2cc(C)cc(C)c2)cc1. The molecule has 1 unspecified atom stereocenters. The van der Waals surface area contributed by atoms with Crippen LogP contribution >= 0.6 is 12.2 Å². The van der Waals surface area contributed by atoms with Crippen LogP contribution in [0.3, 0.4) is 0 Å². The lowest BCUT2D eigenvalue weighted by molar-refractivity contribution is 0.190. The monoisotopic (exact) mass is 492 g/mol. The van der Waals surface area contributed by atoms with Crippen LogP contribution in [-0.2, 0) is 6.42 Å². The molecule has 6 nitrogen and oxygen atoms in total. The topological polar surface area (TPSA) is 52.2 Å². The number of nitrogens with one attached hydrogen (secondary N) is 1. The maximum absolute atomic E-state index is 6.24. The van der Waals surface area contributed by atoms with Crippen LogP contribution in [0, 0.1) is 13.8 Å². The van der Waals surface area contributed by atoms with Gasteiger partial charge in [0.05, 0.1) is 27.4 Å². The third-order valence-corrected chi connectivity index (χ3v) is 6.54. The van der Waals surface area contributed by atoms with E-state index in [1.165, 1.54) is 16.7 Å². The van der Waals surface area contributed by atoms with Gasteiger partial charge in [-0.25, -0.2) is 0 Å². The second-order valence-electron chi connectivity index (χ2n) is 8.66. The van der Waals surface area contributed by atoms with Crippen molar-refractivity contribution in [3.05, 3.63) is 76.9 Å². The molecule has 1 aliphatic rings. The third-order valence-electron chi connectivity index (χ3n) is 6.20. The molecule has 0 saturated carbocycles. The first kappa shape index (κ1) is 24.7. The Morgan fingerprint density at radius 2 is 1.51 bits per heavy atom. The van der Waals surface area contributed by atoms with Gasteiger partial charge in [-0.2, -0.15) is 0 Å². The molecule has 3 aromatic rings. The summed E-state index contributed by atoms with van der Waals surface area (Å²) in [5.41, 5.74) is 5.69. The summed E-state index contributed by atoms with van der Waals surface area (Å²) in [6.45, 7) is 5.35. The Balaban J connectivity index is 1.64. The molecule has 0 fully saturated rings. The van der Waals surface area contributed by atoms with E-state index in [2.05, 4.69) is 48.3 Å². The molecule has 0 aromatic heterocycles. The van der Waals surface area contributed by atoms with Crippen LogP contribution in [0.1, 0.15) is 28.3 Å². The van der Waals surface area contributed by atoms with Gasteiger partial charge in [0.1, 0.15) is 18.1 Å². The van der Waals surface area contributed by atoms with Crippen molar-refractivity contribution in [1.82, 2.24) is 4.90 Å². The Bertz CT molecular complexity index is 1180. The normalized spacial score (nSPS) is 14.7. The first-order valence-corrected chi connectivity index (χ1v) is 12.0. The first-order chi connectivity index (χ1) is 16.9. The van der Waals surface area contributed by atoms with Gasteiger partial charge in [-0.3, -0.25) is 0 Å². The first-order valence-electron chi connectivity index (χ1n) is 11.6. The summed E-state index contributed by atoms with van der Waals surface area (Å²) >= 11 is 5.91. The number of aryl methyl sites for hydroxylation is 2. The van der Waals surface area contributed by atoms with Crippen molar-refractivity contribution < 1.29 is 18.9 Å². The molecule has 4 rings (SSSR count). The number of benzene rings is 3. The predicted octanol–water partition coefficient (Wildman–Crippen LogP) is 5.70. The van der Waals surface area contributed by atoms with Crippen LogP contribution in [0.25, 0.3) is 0 Å². The van der Waals surface area contributed by atoms with E-state index in [0.29, 0.717) is 17.5 Å². The molecular formula is C28H32N2O4S. The summed E-state index contributed by atoms with van der Waals surface area (Å²) in [4.78, 5) is 2.20. The fraction of sp³-hybridized carbons (Fsp3) is 0.321. The van der Waals surface area contributed by atoms with Gasteiger partial charge in [-0.05, 0) is 103 Å². The summed E-state index contributed by atoms with van der Waals surface area (Å²) in [6, 6.07) is 18.0. The van der Waals surface area contributed by atoms with Crippen molar-refractivity contribution in [2.75, 3.05) is 39.8 Å². The minimum atomic E-state index is -0.105. The summed E-state index contributed by atoms with van der Waals surface area (Å²) in [6.07, 6.45) is 0.837. The molecule has 0 saturated heterocycles. The highest BCUT2D eigenvalue weighted by Crippen LogP contribution is 2.39. The molecule has 7 heteroatoms. The van der Waals surface area contributed by atoms with Crippen LogP contribution < -0.4 is 24.3 Å². The molecule has 3 aromatic carbocycles.